The molecule has 3 nitrogen and oxygen atoms in total. The van der Waals surface area contributed by atoms with E-state index in [1.807, 2.05) is 6.08 Å². The summed E-state index contributed by atoms with van der Waals surface area (Å²) in [4.78, 5) is 7.11. The van der Waals surface area contributed by atoms with Crippen LogP contribution in [0, 0.1) is 0 Å². The average molecular weight is 283 g/mol. The Morgan fingerprint density at radius 3 is 2.90 bits per heavy atom. The molecule has 2 rings (SSSR count). The van der Waals surface area contributed by atoms with Crippen LogP contribution in [0.3, 0.4) is 0 Å². The van der Waals surface area contributed by atoms with Gasteiger partial charge in [0.2, 0.25) is 0 Å². The largest absolute Gasteiger partial charge is 0.359 e. The number of hydrogen-bond acceptors (Lipinski definition) is 3. The number of anilines is 1. The maximum atomic E-state index is 4.85. The summed E-state index contributed by atoms with van der Waals surface area (Å²) < 4.78 is 0. The summed E-state index contributed by atoms with van der Waals surface area (Å²) in [5.74, 6) is 1.07. The molecule has 1 heterocycles. The minimum absolute atomic E-state index is 0.814. The third-order valence-electron chi connectivity index (χ3n) is 3.59. The van der Waals surface area contributed by atoms with Crippen LogP contribution in [0.25, 0.3) is 10.8 Å². The van der Waals surface area contributed by atoms with E-state index >= 15 is 0 Å². The molecule has 112 valence electrons. The third kappa shape index (κ3) is 4.05. The first-order valence-corrected chi connectivity index (χ1v) is 7.67. The highest BCUT2D eigenvalue weighted by Crippen LogP contribution is 2.25. The third-order valence-corrected chi connectivity index (χ3v) is 3.59. The van der Waals surface area contributed by atoms with Gasteiger partial charge < -0.3 is 10.2 Å². The number of aromatic nitrogens is 1. The second-order valence-corrected chi connectivity index (χ2v) is 5.29. The number of nitrogens with zero attached hydrogens (tertiary/aromatic N) is 2. The SMILES string of the molecule is C=CCCCN(C)c1nc(CNCC)cc2ccccc12. The lowest BCUT2D eigenvalue weighted by Crippen LogP contribution is -2.21. The Hall–Kier alpha value is -1.87. The predicted molar refractivity (Wildman–Crippen MR) is 91.8 cm³/mol. The van der Waals surface area contributed by atoms with Gasteiger partial charge in [0.05, 0.1) is 5.69 Å². The summed E-state index contributed by atoms with van der Waals surface area (Å²) in [5.41, 5.74) is 1.10. The molecule has 0 spiro atoms. The molecule has 1 aromatic heterocycles. The van der Waals surface area contributed by atoms with Crippen molar-refractivity contribution in [2.45, 2.75) is 26.3 Å². The lowest BCUT2D eigenvalue weighted by Gasteiger charge is -2.21. The van der Waals surface area contributed by atoms with E-state index < -0.39 is 0 Å². The molecule has 0 aliphatic heterocycles. The summed E-state index contributed by atoms with van der Waals surface area (Å²) in [6.45, 7) is 8.67. The van der Waals surface area contributed by atoms with Crippen molar-refractivity contribution in [1.29, 1.82) is 0 Å². The zero-order valence-corrected chi connectivity index (χ0v) is 13.1. The van der Waals surface area contributed by atoms with Crippen molar-refractivity contribution in [1.82, 2.24) is 10.3 Å². The van der Waals surface area contributed by atoms with E-state index in [9.17, 15) is 0 Å². The molecule has 1 aromatic carbocycles. The van der Waals surface area contributed by atoms with Crippen LogP contribution in [-0.2, 0) is 6.54 Å². The molecule has 0 atom stereocenters. The second kappa shape index (κ2) is 7.79. The summed E-state index contributed by atoms with van der Waals surface area (Å²) in [6, 6.07) is 10.7. The number of benzene rings is 1. The van der Waals surface area contributed by atoms with E-state index in [0.29, 0.717) is 0 Å². The number of rotatable bonds is 8. The van der Waals surface area contributed by atoms with Crippen LogP contribution in [0.2, 0.25) is 0 Å². The first-order valence-electron chi connectivity index (χ1n) is 7.67. The van der Waals surface area contributed by atoms with Crippen LogP contribution in [0.4, 0.5) is 5.82 Å². The number of unbranched alkanes of at least 4 members (excludes halogenated alkanes) is 1. The molecule has 0 aliphatic rings. The number of allylic oxidation sites excluding steroid dienone is 1. The van der Waals surface area contributed by atoms with Crippen molar-refractivity contribution in [3.05, 3.63) is 48.7 Å². The van der Waals surface area contributed by atoms with Crippen molar-refractivity contribution in [2.24, 2.45) is 0 Å². The average Bonchev–Trinajstić information content (AvgIpc) is 2.52. The van der Waals surface area contributed by atoms with Crippen LogP contribution in [-0.4, -0.2) is 25.1 Å². The molecule has 0 saturated carbocycles. The number of pyridine rings is 1. The fourth-order valence-electron chi connectivity index (χ4n) is 2.45. The van der Waals surface area contributed by atoms with E-state index in [0.717, 1.165) is 44.0 Å². The highest BCUT2D eigenvalue weighted by atomic mass is 15.2. The lowest BCUT2D eigenvalue weighted by atomic mass is 10.1. The fraction of sp³-hybridized carbons (Fsp3) is 0.389. The number of nitrogens with one attached hydrogen (secondary N) is 1. The Kier molecular flexibility index (Phi) is 5.76. The molecule has 0 fully saturated rings. The van der Waals surface area contributed by atoms with Gasteiger partial charge in [0.25, 0.3) is 0 Å². The van der Waals surface area contributed by atoms with Crippen LogP contribution in [0.1, 0.15) is 25.5 Å². The molecule has 1 N–H and O–H groups in total. The molecule has 0 amide bonds. The fourth-order valence-corrected chi connectivity index (χ4v) is 2.45. The van der Waals surface area contributed by atoms with Gasteiger partial charge in [-0.05, 0) is 30.8 Å². The lowest BCUT2D eigenvalue weighted by molar-refractivity contribution is 0.708. The predicted octanol–water partition coefficient (Wildman–Crippen LogP) is 3.75. The van der Waals surface area contributed by atoms with Crippen molar-refractivity contribution < 1.29 is 0 Å². The Morgan fingerprint density at radius 1 is 1.33 bits per heavy atom. The summed E-state index contributed by atoms with van der Waals surface area (Å²) in [5, 5.41) is 5.83. The van der Waals surface area contributed by atoms with Gasteiger partial charge in [-0.25, -0.2) is 4.98 Å². The Morgan fingerprint density at radius 2 is 2.14 bits per heavy atom. The molecule has 21 heavy (non-hydrogen) atoms. The normalized spacial score (nSPS) is 10.8. The molecule has 2 aromatic rings. The first-order chi connectivity index (χ1) is 10.3. The van der Waals surface area contributed by atoms with Gasteiger partial charge in [-0.3, -0.25) is 0 Å². The molecule has 0 saturated heterocycles. The topological polar surface area (TPSA) is 28.2 Å². The van der Waals surface area contributed by atoms with Gasteiger partial charge in [0, 0.05) is 25.5 Å². The van der Waals surface area contributed by atoms with Crippen molar-refractivity contribution >= 4 is 16.6 Å². The van der Waals surface area contributed by atoms with Gasteiger partial charge in [-0.15, -0.1) is 6.58 Å². The molecule has 0 aliphatic carbocycles. The molecular formula is C18H25N3. The van der Waals surface area contributed by atoms with E-state index in [-0.39, 0.29) is 0 Å². The van der Waals surface area contributed by atoms with Crippen LogP contribution in [0.15, 0.2) is 43.0 Å². The monoisotopic (exact) mass is 283 g/mol. The maximum Gasteiger partial charge on any atom is 0.136 e. The Labute approximate surface area is 127 Å². The standard InChI is InChI=1S/C18H25N3/c1-4-6-9-12-21(3)18-17-11-8-7-10-15(17)13-16(20-18)14-19-5-2/h4,7-8,10-11,13,19H,1,5-6,9,12,14H2,2-3H3. The highest BCUT2D eigenvalue weighted by Gasteiger charge is 2.09. The van der Waals surface area contributed by atoms with Gasteiger partial charge >= 0.3 is 0 Å². The smallest absolute Gasteiger partial charge is 0.136 e. The number of hydrogen-bond donors (Lipinski definition) is 1. The van der Waals surface area contributed by atoms with E-state index in [4.69, 9.17) is 4.98 Å². The van der Waals surface area contributed by atoms with Gasteiger partial charge in [0.1, 0.15) is 5.82 Å². The number of fused-ring (bicyclic) bond motifs is 1. The zero-order chi connectivity index (χ0) is 15.1. The van der Waals surface area contributed by atoms with Gasteiger partial charge in [-0.2, -0.15) is 0 Å². The van der Waals surface area contributed by atoms with Gasteiger partial charge in [-0.1, -0.05) is 37.3 Å². The summed E-state index contributed by atoms with van der Waals surface area (Å²) in [7, 11) is 2.12. The molecule has 3 heteroatoms. The second-order valence-electron chi connectivity index (χ2n) is 5.29. The Bertz CT molecular complexity index is 592. The highest BCUT2D eigenvalue weighted by molar-refractivity contribution is 5.92. The minimum atomic E-state index is 0.814. The first kappa shape index (κ1) is 15.5. The van der Waals surface area contributed by atoms with Crippen LogP contribution >= 0.6 is 0 Å². The molecule has 0 radical (unpaired) electrons. The van der Waals surface area contributed by atoms with Crippen molar-refractivity contribution in [2.75, 3.05) is 25.0 Å². The van der Waals surface area contributed by atoms with Crippen LogP contribution in [0.5, 0.6) is 0 Å². The van der Waals surface area contributed by atoms with Crippen molar-refractivity contribution in [3.63, 3.8) is 0 Å². The van der Waals surface area contributed by atoms with Crippen LogP contribution < -0.4 is 10.2 Å². The quantitative estimate of drug-likeness (QED) is 0.591. The molecular weight excluding hydrogens is 258 g/mol. The molecule has 0 bridgehead atoms. The molecule has 0 unspecified atom stereocenters. The summed E-state index contributed by atoms with van der Waals surface area (Å²) >= 11 is 0. The van der Waals surface area contributed by atoms with E-state index in [1.165, 1.54) is 10.8 Å². The van der Waals surface area contributed by atoms with Crippen molar-refractivity contribution in [3.8, 4) is 0 Å². The maximum absolute atomic E-state index is 4.85. The Balaban J connectivity index is 2.31. The van der Waals surface area contributed by atoms with E-state index in [1.54, 1.807) is 0 Å². The minimum Gasteiger partial charge on any atom is -0.359 e. The zero-order valence-electron chi connectivity index (χ0n) is 13.1. The van der Waals surface area contributed by atoms with Gasteiger partial charge in [0.15, 0.2) is 0 Å². The van der Waals surface area contributed by atoms with E-state index in [2.05, 4.69) is 61.1 Å². The summed E-state index contributed by atoms with van der Waals surface area (Å²) in [6.07, 6.45) is 4.12.